The zero-order valence-corrected chi connectivity index (χ0v) is 17.7. The molecule has 0 fully saturated rings. The van der Waals surface area contributed by atoms with E-state index in [0.717, 1.165) is 17.1 Å². The molecule has 0 aromatic carbocycles. The molecule has 0 spiro atoms. The maximum atomic E-state index is 4.78. The van der Waals surface area contributed by atoms with Crippen LogP contribution in [0.5, 0.6) is 0 Å². The Kier molecular flexibility index (Phi) is 6.34. The van der Waals surface area contributed by atoms with Crippen molar-refractivity contribution in [1.82, 2.24) is 9.97 Å². The van der Waals surface area contributed by atoms with Gasteiger partial charge >= 0.3 is 0 Å². The fourth-order valence-corrected chi connectivity index (χ4v) is 9.84. The molecule has 2 heterocycles. The summed E-state index contributed by atoms with van der Waals surface area (Å²) in [6.07, 6.45) is 4.16. The molecule has 0 amide bonds. The van der Waals surface area contributed by atoms with Gasteiger partial charge in [0.25, 0.3) is 0 Å². The molecule has 0 aliphatic heterocycles. The largest absolute Gasteiger partial charge is 0.255 e. The second-order valence-corrected chi connectivity index (χ2v) is 13.7. The maximum absolute atomic E-state index is 4.78. The molecule has 0 saturated carbocycles. The van der Waals surface area contributed by atoms with Crippen LogP contribution in [0.1, 0.15) is 52.8 Å². The van der Waals surface area contributed by atoms with Gasteiger partial charge in [0.1, 0.15) is 0 Å². The van der Waals surface area contributed by atoms with Crippen LogP contribution in [0.3, 0.4) is 0 Å². The summed E-state index contributed by atoms with van der Waals surface area (Å²) < 4.78 is 0. The highest BCUT2D eigenvalue weighted by Gasteiger charge is 2.40. The SMILES string of the molecule is Cc1ccc(/C=C/[Si](C(C)C)(C(C)C)C(C)C)c(-c2ccccn2)n1. The Morgan fingerprint density at radius 2 is 1.52 bits per heavy atom. The minimum atomic E-state index is -1.58. The average Bonchev–Trinajstić information content (AvgIpc) is 2.56. The Hall–Kier alpha value is -1.74. The molecule has 0 atom stereocenters. The normalized spacial score (nSPS) is 12.7. The third kappa shape index (κ3) is 4.09. The van der Waals surface area contributed by atoms with E-state index in [1.807, 2.05) is 31.3 Å². The molecule has 2 rings (SSSR count). The van der Waals surface area contributed by atoms with E-state index >= 15 is 0 Å². The molecular formula is C22H32N2Si. The summed E-state index contributed by atoms with van der Waals surface area (Å²) in [5, 5.41) is 0. The first-order valence-corrected chi connectivity index (χ1v) is 11.7. The molecular weight excluding hydrogens is 320 g/mol. The first kappa shape index (κ1) is 19.6. The van der Waals surface area contributed by atoms with Crippen LogP contribution in [0.2, 0.25) is 16.6 Å². The van der Waals surface area contributed by atoms with Crippen molar-refractivity contribution in [3.63, 3.8) is 0 Å². The predicted molar refractivity (Wildman–Crippen MR) is 112 cm³/mol. The van der Waals surface area contributed by atoms with E-state index in [-0.39, 0.29) is 0 Å². The topological polar surface area (TPSA) is 25.8 Å². The molecule has 0 saturated heterocycles. The summed E-state index contributed by atoms with van der Waals surface area (Å²) in [5.41, 5.74) is 8.81. The van der Waals surface area contributed by atoms with Crippen molar-refractivity contribution in [2.75, 3.05) is 0 Å². The van der Waals surface area contributed by atoms with Gasteiger partial charge in [0.05, 0.1) is 19.5 Å². The lowest BCUT2D eigenvalue weighted by molar-refractivity contribution is 0.834. The van der Waals surface area contributed by atoms with Gasteiger partial charge in [-0.3, -0.25) is 9.97 Å². The van der Waals surface area contributed by atoms with Crippen molar-refractivity contribution in [3.05, 3.63) is 53.5 Å². The van der Waals surface area contributed by atoms with Gasteiger partial charge in [-0.05, 0) is 41.7 Å². The second kappa shape index (κ2) is 8.09. The predicted octanol–water partition coefficient (Wildman–Crippen LogP) is 6.68. The summed E-state index contributed by atoms with van der Waals surface area (Å²) in [6, 6.07) is 10.3. The zero-order chi connectivity index (χ0) is 18.6. The van der Waals surface area contributed by atoms with E-state index in [1.54, 1.807) is 0 Å². The standard InChI is InChI=1S/C22H32N2Si/c1-16(2)25(17(3)4,18(5)6)15-13-20-12-11-19(7)24-22(20)21-10-8-9-14-23-21/h8-18H,1-7H3/b15-13+. The van der Waals surface area contributed by atoms with Gasteiger partial charge in [-0.2, -0.15) is 0 Å². The molecule has 2 nitrogen and oxygen atoms in total. The molecule has 25 heavy (non-hydrogen) atoms. The number of hydrogen-bond donors (Lipinski definition) is 0. The van der Waals surface area contributed by atoms with Crippen molar-refractivity contribution < 1.29 is 0 Å². The van der Waals surface area contributed by atoms with E-state index in [9.17, 15) is 0 Å². The Balaban J connectivity index is 2.54. The van der Waals surface area contributed by atoms with Crippen molar-refractivity contribution in [2.45, 2.75) is 65.1 Å². The summed E-state index contributed by atoms with van der Waals surface area (Å²) >= 11 is 0. The monoisotopic (exact) mass is 352 g/mol. The molecule has 0 unspecified atom stereocenters. The molecule has 2 aromatic heterocycles. The zero-order valence-electron chi connectivity index (χ0n) is 16.7. The van der Waals surface area contributed by atoms with E-state index in [4.69, 9.17) is 4.98 Å². The van der Waals surface area contributed by atoms with Crippen LogP contribution < -0.4 is 0 Å². The van der Waals surface area contributed by atoms with Crippen LogP contribution in [-0.4, -0.2) is 18.0 Å². The average molecular weight is 353 g/mol. The van der Waals surface area contributed by atoms with Crippen molar-refractivity contribution >= 4 is 14.1 Å². The van der Waals surface area contributed by atoms with E-state index in [0.29, 0.717) is 16.6 Å². The Morgan fingerprint density at radius 1 is 0.880 bits per heavy atom. The van der Waals surface area contributed by atoms with Gasteiger partial charge in [-0.1, -0.05) is 65.5 Å². The summed E-state index contributed by atoms with van der Waals surface area (Å²) in [6.45, 7) is 16.4. The van der Waals surface area contributed by atoms with E-state index < -0.39 is 8.07 Å². The minimum Gasteiger partial charge on any atom is -0.255 e. The lowest BCUT2D eigenvalue weighted by Gasteiger charge is -2.40. The van der Waals surface area contributed by atoms with Crippen LogP contribution in [0, 0.1) is 6.92 Å². The molecule has 0 aliphatic carbocycles. The third-order valence-electron chi connectivity index (χ3n) is 5.52. The van der Waals surface area contributed by atoms with Gasteiger partial charge < -0.3 is 0 Å². The Labute approximate surface area is 154 Å². The van der Waals surface area contributed by atoms with Gasteiger partial charge in [0, 0.05) is 17.5 Å². The van der Waals surface area contributed by atoms with Gasteiger partial charge in [0.15, 0.2) is 0 Å². The van der Waals surface area contributed by atoms with Gasteiger partial charge in [-0.15, -0.1) is 0 Å². The van der Waals surface area contributed by atoms with E-state index in [2.05, 4.69) is 70.4 Å². The first-order chi connectivity index (χ1) is 11.8. The molecule has 0 bridgehead atoms. The lowest BCUT2D eigenvalue weighted by Crippen LogP contribution is -2.42. The van der Waals surface area contributed by atoms with Gasteiger partial charge in [-0.25, -0.2) is 0 Å². The summed E-state index contributed by atoms with van der Waals surface area (Å²) in [5.74, 6) is 0. The molecule has 0 radical (unpaired) electrons. The van der Waals surface area contributed by atoms with Crippen LogP contribution in [0.25, 0.3) is 17.5 Å². The lowest BCUT2D eigenvalue weighted by atomic mass is 10.1. The molecule has 3 heteroatoms. The smallest absolute Gasteiger partial charge is 0.0961 e. The molecule has 2 aromatic rings. The second-order valence-electron chi connectivity index (χ2n) is 7.90. The fraction of sp³-hybridized carbons (Fsp3) is 0.455. The van der Waals surface area contributed by atoms with Crippen LogP contribution in [0.15, 0.2) is 42.2 Å². The van der Waals surface area contributed by atoms with Gasteiger partial charge in [0.2, 0.25) is 0 Å². The number of rotatable bonds is 6. The van der Waals surface area contributed by atoms with Crippen LogP contribution >= 0.6 is 0 Å². The van der Waals surface area contributed by atoms with Crippen LogP contribution in [0.4, 0.5) is 0 Å². The number of aryl methyl sites for hydroxylation is 1. The number of pyridine rings is 2. The highest BCUT2D eigenvalue weighted by Crippen LogP contribution is 2.43. The van der Waals surface area contributed by atoms with Crippen molar-refractivity contribution in [3.8, 4) is 11.4 Å². The fourth-order valence-electron chi connectivity index (χ4n) is 4.22. The van der Waals surface area contributed by atoms with Crippen molar-refractivity contribution in [1.29, 1.82) is 0 Å². The number of hydrogen-bond acceptors (Lipinski definition) is 2. The third-order valence-corrected chi connectivity index (χ3v) is 12.3. The maximum Gasteiger partial charge on any atom is 0.0961 e. The highest BCUT2D eigenvalue weighted by molar-refractivity contribution is 6.88. The molecule has 0 aliphatic rings. The first-order valence-electron chi connectivity index (χ1n) is 9.37. The molecule has 0 N–H and O–H groups in total. The number of aromatic nitrogens is 2. The Bertz CT molecular complexity index is 696. The quantitative estimate of drug-likeness (QED) is 0.542. The van der Waals surface area contributed by atoms with E-state index in [1.165, 1.54) is 5.56 Å². The summed E-state index contributed by atoms with van der Waals surface area (Å²) in [4.78, 5) is 9.30. The molecule has 134 valence electrons. The minimum absolute atomic E-state index is 0.709. The highest BCUT2D eigenvalue weighted by atomic mass is 28.3. The number of nitrogens with zero attached hydrogens (tertiary/aromatic N) is 2. The van der Waals surface area contributed by atoms with Crippen LogP contribution in [-0.2, 0) is 0 Å². The van der Waals surface area contributed by atoms with Crippen molar-refractivity contribution in [2.24, 2.45) is 0 Å². The Morgan fingerprint density at radius 3 is 2.04 bits per heavy atom. The summed E-state index contributed by atoms with van der Waals surface area (Å²) in [7, 11) is -1.58.